The first-order chi connectivity index (χ1) is 20.0. The van der Waals surface area contributed by atoms with E-state index < -0.39 is 0 Å². The van der Waals surface area contributed by atoms with E-state index in [1.807, 2.05) is 18.2 Å². The molecule has 4 aromatic rings. The highest BCUT2D eigenvalue weighted by molar-refractivity contribution is 6.06. The quantitative estimate of drug-likeness (QED) is 0.129. The number of nitrogens with one attached hydrogen (secondary N) is 2. The summed E-state index contributed by atoms with van der Waals surface area (Å²) in [5.41, 5.74) is 12.6. The van der Waals surface area contributed by atoms with Crippen molar-refractivity contribution in [1.29, 1.82) is 0 Å². The molecule has 1 aliphatic rings. The number of unbranched alkanes of at least 4 members (excludes halogenated alkanes) is 2. The molecule has 41 heavy (non-hydrogen) atoms. The lowest BCUT2D eigenvalue weighted by Gasteiger charge is -2.17. The zero-order chi connectivity index (χ0) is 28.7. The van der Waals surface area contributed by atoms with Crippen molar-refractivity contribution in [3.05, 3.63) is 108 Å². The Morgan fingerprint density at radius 3 is 2.46 bits per heavy atom. The molecule has 0 atom stereocenters. The van der Waals surface area contributed by atoms with Crippen LogP contribution in [0.3, 0.4) is 0 Å². The number of allylic oxidation sites excluding steroid dienone is 1. The summed E-state index contributed by atoms with van der Waals surface area (Å²) in [6.07, 6.45) is 8.01. The smallest absolute Gasteiger partial charge is 0.220 e. The lowest BCUT2D eigenvalue weighted by Crippen LogP contribution is -2.28. The number of amides is 1. The van der Waals surface area contributed by atoms with Crippen LogP contribution in [0.5, 0.6) is 0 Å². The average Bonchev–Trinajstić information content (AvgIpc) is 3.20. The Bertz CT molecular complexity index is 1560. The molecule has 0 aliphatic carbocycles. The van der Waals surface area contributed by atoms with Gasteiger partial charge in [0.1, 0.15) is 6.54 Å². The fraction of sp³-hybridized carbons (Fsp3) is 0.278. The van der Waals surface area contributed by atoms with Gasteiger partial charge < -0.3 is 16.4 Å². The first kappa shape index (κ1) is 28.3. The minimum absolute atomic E-state index is 0.0896. The Kier molecular flexibility index (Phi) is 8.95. The predicted molar refractivity (Wildman–Crippen MR) is 173 cm³/mol. The van der Waals surface area contributed by atoms with Crippen LogP contribution in [0.2, 0.25) is 0 Å². The third-order valence-corrected chi connectivity index (χ3v) is 7.95. The van der Waals surface area contributed by atoms with Crippen LogP contribution in [0.15, 0.2) is 97.1 Å². The fourth-order valence-corrected chi connectivity index (χ4v) is 5.78. The summed E-state index contributed by atoms with van der Waals surface area (Å²) >= 11 is 0. The number of para-hydroxylation sites is 1. The summed E-state index contributed by atoms with van der Waals surface area (Å²) in [6.45, 7) is 6.57. The maximum Gasteiger partial charge on any atom is 0.220 e. The van der Waals surface area contributed by atoms with E-state index in [-0.39, 0.29) is 11.3 Å². The van der Waals surface area contributed by atoms with Gasteiger partial charge in [-0.25, -0.2) is 0 Å². The van der Waals surface area contributed by atoms with Gasteiger partial charge >= 0.3 is 0 Å². The van der Waals surface area contributed by atoms with Crippen molar-refractivity contribution in [2.45, 2.75) is 44.9 Å². The number of carbonyl (C=O) groups is 1. The Balaban J connectivity index is 1.42. The molecule has 0 saturated carbocycles. The highest BCUT2D eigenvalue weighted by Gasteiger charge is 2.44. The second-order valence-electron chi connectivity index (χ2n) is 11.2. The molecule has 0 aromatic heterocycles. The summed E-state index contributed by atoms with van der Waals surface area (Å²) in [5, 5.41) is 8.95. The SMILES string of the molecule is CC1(C)C(/C=C/c2cccc3ccccc23)=[N+](CCCCCC(=O)NCCN)c2ccc(Nc3ccccc3)cc21. The summed E-state index contributed by atoms with van der Waals surface area (Å²) < 4.78 is 2.48. The van der Waals surface area contributed by atoms with E-state index in [2.05, 4.69) is 114 Å². The van der Waals surface area contributed by atoms with Gasteiger partial charge in [-0.3, -0.25) is 4.79 Å². The molecule has 1 aliphatic heterocycles. The van der Waals surface area contributed by atoms with Crippen molar-refractivity contribution >= 4 is 45.5 Å². The minimum atomic E-state index is -0.174. The topological polar surface area (TPSA) is 70.2 Å². The highest BCUT2D eigenvalue weighted by Crippen LogP contribution is 2.42. The van der Waals surface area contributed by atoms with Gasteiger partial charge in [0.15, 0.2) is 5.71 Å². The van der Waals surface area contributed by atoms with E-state index in [4.69, 9.17) is 5.73 Å². The Morgan fingerprint density at radius 2 is 1.63 bits per heavy atom. The lowest BCUT2D eigenvalue weighted by atomic mass is 9.81. The molecule has 0 unspecified atom stereocenters. The number of anilines is 2. The van der Waals surface area contributed by atoms with Crippen LogP contribution in [0.25, 0.3) is 16.8 Å². The van der Waals surface area contributed by atoms with E-state index in [1.165, 1.54) is 33.3 Å². The number of carbonyl (C=O) groups excluding carboxylic acids is 1. The van der Waals surface area contributed by atoms with Gasteiger partial charge in [-0.15, -0.1) is 0 Å². The molecule has 5 rings (SSSR count). The van der Waals surface area contributed by atoms with Gasteiger partial charge in [-0.05, 0) is 73.4 Å². The molecule has 0 bridgehead atoms. The number of nitrogens with two attached hydrogens (primary N) is 1. The minimum Gasteiger partial charge on any atom is -0.356 e. The predicted octanol–water partition coefficient (Wildman–Crippen LogP) is 7.31. The molecule has 1 amide bonds. The highest BCUT2D eigenvalue weighted by atomic mass is 16.1. The molecule has 0 spiro atoms. The van der Waals surface area contributed by atoms with Crippen LogP contribution in [-0.2, 0) is 10.2 Å². The number of hydrogen-bond acceptors (Lipinski definition) is 3. The second kappa shape index (κ2) is 13.0. The first-order valence-corrected chi connectivity index (χ1v) is 14.7. The number of benzene rings is 4. The van der Waals surface area contributed by atoms with Crippen LogP contribution in [0.4, 0.5) is 17.1 Å². The Hall–Kier alpha value is -4.22. The van der Waals surface area contributed by atoms with Crippen molar-refractivity contribution in [3.8, 4) is 0 Å². The molecule has 1 heterocycles. The maximum absolute atomic E-state index is 12.0. The van der Waals surface area contributed by atoms with Crippen molar-refractivity contribution in [2.75, 3.05) is 25.0 Å². The summed E-state index contributed by atoms with van der Waals surface area (Å²) in [5.74, 6) is 0.0896. The first-order valence-electron chi connectivity index (χ1n) is 14.7. The molecule has 5 nitrogen and oxygen atoms in total. The lowest BCUT2D eigenvalue weighted by molar-refractivity contribution is -0.438. The zero-order valence-corrected chi connectivity index (χ0v) is 24.2. The van der Waals surface area contributed by atoms with Crippen molar-refractivity contribution in [3.63, 3.8) is 0 Å². The van der Waals surface area contributed by atoms with Gasteiger partial charge in [-0.1, -0.05) is 60.7 Å². The standard InChI is InChI=1S/C36H40N4O/c1-36(2)32-26-30(39-29-15-5-3-6-16-29)20-21-33(32)40(25-10-4-7-18-35(41)38-24-23-37)34(36)22-19-28-14-11-13-27-12-8-9-17-31(27)28/h3,5-6,8-9,11-17,19-22,26,39H,4,7,10,18,23-25,37H2,1-2H3/p+1/b22-19+. The third-order valence-electron chi connectivity index (χ3n) is 7.95. The molecule has 0 radical (unpaired) electrons. The van der Waals surface area contributed by atoms with E-state index in [1.54, 1.807) is 0 Å². The average molecular weight is 546 g/mol. The molecule has 0 saturated heterocycles. The molecule has 5 heteroatoms. The summed E-state index contributed by atoms with van der Waals surface area (Å²) in [6, 6.07) is 32.1. The summed E-state index contributed by atoms with van der Waals surface area (Å²) in [7, 11) is 0. The van der Waals surface area contributed by atoms with Crippen LogP contribution in [0, 0.1) is 0 Å². The van der Waals surface area contributed by atoms with Gasteiger partial charge in [0.05, 0.1) is 5.41 Å². The van der Waals surface area contributed by atoms with Crippen molar-refractivity contribution in [2.24, 2.45) is 5.73 Å². The van der Waals surface area contributed by atoms with E-state index >= 15 is 0 Å². The molecule has 4 aromatic carbocycles. The van der Waals surface area contributed by atoms with Gasteiger partial charge in [0.2, 0.25) is 11.6 Å². The normalized spacial score (nSPS) is 14.0. The Morgan fingerprint density at radius 1 is 0.854 bits per heavy atom. The summed E-state index contributed by atoms with van der Waals surface area (Å²) in [4.78, 5) is 12.0. The van der Waals surface area contributed by atoms with Crippen LogP contribution in [-0.4, -0.2) is 35.8 Å². The van der Waals surface area contributed by atoms with Gasteiger partial charge in [0.25, 0.3) is 0 Å². The second-order valence-corrected chi connectivity index (χ2v) is 11.2. The molecule has 0 fully saturated rings. The van der Waals surface area contributed by atoms with Gasteiger partial charge in [0, 0.05) is 55.0 Å². The maximum atomic E-state index is 12.0. The van der Waals surface area contributed by atoms with E-state index in [0.717, 1.165) is 37.2 Å². The zero-order valence-electron chi connectivity index (χ0n) is 24.2. The number of fused-ring (bicyclic) bond motifs is 2. The molecular formula is C36H41N4O+. The van der Waals surface area contributed by atoms with E-state index in [0.29, 0.717) is 19.5 Å². The van der Waals surface area contributed by atoms with Crippen molar-refractivity contribution in [1.82, 2.24) is 5.32 Å². The number of nitrogens with zero attached hydrogens (tertiary/aromatic N) is 1. The van der Waals surface area contributed by atoms with Crippen molar-refractivity contribution < 1.29 is 9.37 Å². The number of hydrogen-bond donors (Lipinski definition) is 3. The van der Waals surface area contributed by atoms with Gasteiger partial charge in [-0.2, -0.15) is 4.58 Å². The van der Waals surface area contributed by atoms with Crippen LogP contribution >= 0.6 is 0 Å². The fourth-order valence-electron chi connectivity index (χ4n) is 5.78. The largest absolute Gasteiger partial charge is 0.356 e. The molecule has 4 N–H and O–H groups in total. The molecule has 210 valence electrons. The monoisotopic (exact) mass is 545 g/mol. The van der Waals surface area contributed by atoms with Crippen LogP contribution < -0.4 is 16.4 Å². The number of rotatable bonds is 12. The third kappa shape index (κ3) is 6.58. The molecular weight excluding hydrogens is 504 g/mol. The Labute approximate surface area is 243 Å². The van der Waals surface area contributed by atoms with E-state index in [9.17, 15) is 4.79 Å². The van der Waals surface area contributed by atoms with Crippen LogP contribution in [0.1, 0.15) is 50.7 Å².